The molecule has 0 N–H and O–H groups in total. The van der Waals surface area contributed by atoms with Crippen LogP contribution in [-0.4, -0.2) is 12.5 Å². The van der Waals surface area contributed by atoms with Gasteiger partial charge in [-0.05, 0) is 192 Å². The van der Waals surface area contributed by atoms with Crippen LogP contribution in [0.3, 0.4) is 0 Å². The van der Waals surface area contributed by atoms with E-state index in [1.165, 1.54) is 110 Å². The van der Waals surface area contributed by atoms with Crippen molar-refractivity contribution < 1.29 is 0 Å². The summed E-state index contributed by atoms with van der Waals surface area (Å²) in [6, 6.07) is 50.6. The number of thioether (sulfide) groups is 1. The van der Waals surface area contributed by atoms with Gasteiger partial charge in [-0.25, -0.2) is 0 Å². The smallest absolute Gasteiger partial charge is 0.0158 e. The second-order valence-corrected chi connectivity index (χ2v) is 34.0. The molecule has 0 heterocycles. The summed E-state index contributed by atoms with van der Waals surface area (Å²) in [4.78, 5) is 0. The molecule has 0 amide bonds. The molecule has 492 valence electrons. The average Bonchev–Trinajstić information content (AvgIpc) is 3.55. The summed E-state index contributed by atoms with van der Waals surface area (Å²) in [6.07, 6.45) is 19.1. The molecule has 0 nitrogen and oxygen atoms in total. The van der Waals surface area contributed by atoms with E-state index in [0.717, 1.165) is 5.92 Å². The van der Waals surface area contributed by atoms with Crippen molar-refractivity contribution in [2.24, 2.45) is 40.4 Å². The molecule has 0 aliphatic heterocycles. The van der Waals surface area contributed by atoms with Crippen LogP contribution in [0.25, 0.3) is 21.9 Å². The van der Waals surface area contributed by atoms with Gasteiger partial charge in [-0.3, -0.25) is 0 Å². The fourth-order valence-corrected chi connectivity index (χ4v) is 13.8. The highest BCUT2D eigenvalue weighted by Gasteiger charge is 2.49. The maximum Gasteiger partial charge on any atom is 0.0158 e. The van der Waals surface area contributed by atoms with Crippen molar-refractivity contribution in [1.29, 1.82) is 0 Å². The average molecular weight is 1220 g/mol. The van der Waals surface area contributed by atoms with E-state index in [4.69, 9.17) is 0 Å². The second-order valence-electron chi connectivity index (χ2n) is 33.2. The first-order chi connectivity index (χ1) is 40.8. The molecule has 11 rings (SSSR count). The lowest BCUT2D eigenvalue weighted by Crippen LogP contribution is -2.34. The highest BCUT2D eigenvalue weighted by Crippen LogP contribution is 2.58. The summed E-state index contributed by atoms with van der Waals surface area (Å²) in [5, 5.41) is 2.69. The topological polar surface area (TPSA) is 0 Å². The van der Waals surface area contributed by atoms with Crippen LogP contribution in [0.2, 0.25) is 0 Å². The summed E-state index contributed by atoms with van der Waals surface area (Å²) in [5.41, 5.74) is 15.3. The molecule has 0 saturated heterocycles. The molecule has 4 fully saturated rings. The van der Waals surface area contributed by atoms with Gasteiger partial charge in [0.15, 0.2) is 0 Å². The summed E-state index contributed by atoms with van der Waals surface area (Å²) in [7, 11) is 0. The van der Waals surface area contributed by atoms with Crippen LogP contribution in [0.5, 0.6) is 0 Å². The molecule has 5 unspecified atom stereocenters. The Hall–Kier alpha value is -4.07. The maximum atomic E-state index is 2.42. The Morgan fingerprint density at radius 3 is 1.09 bits per heavy atom. The van der Waals surface area contributed by atoms with Gasteiger partial charge in [0, 0.05) is 5.41 Å². The molecule has 5 aliphatic rings. The molecule has 6 aromatic carbocycles. The number of hydrogen-bond donors (Lipinski definition) is 0. The number of rotatable bonds is 0. The van der Waals surface area contributed by atoms with Crippen molar-refractivity contribution in [1.82, 2.24) is 0 Å². The zero-order chi connectivity index (χ0) is 67.3. The Bertz CT molecular complexity index is 2740. The molecule has 0 radical (unpaired) electrons. The van der Waals surface area contributed by atoms with Crippen molar-refractivity contribution in [3.8, 4) is 11.1 Å². The van der Waals surface area contributed by atoms with Crippen molar-refractivity contribution >= 4 is 22.5 Å². The minimum absolute atomic E-state index is 0.160. The number of benzene rings is 6. The SMILES string of the molecule is C1CC2C3CCC(C3)C2C1.CC.CC.CC(C)(C)c1ccc2ccc(C(C)(C)C)cc2c1.CC(C)(C)c1cccc(C(C)(C)C)c1.CC(C)(C)c1ccccc1.CC1(C)c2ccccc2-c2ccccc21.CC1CCC(C)(C)CC1(C)C.CCC.CSC. The fourth-order valence-electron chi connectivity index (χ4n) is 13.8. The van der Waals surface area contributed by atoms with Crippen LogP contribution in [-0.2, 0) is 32.5 Å². The van der Waals surface area contributed by atoms with Crippen LogP contribution >= 0.6 is 11.8 Å². The molecule has 5 atom stereocenters. The third kappa shape index (κ3) is 24.2. The molecule has 0 spiro atoms. The minimum Gasteiger partial charge on any atom is -0.169 e. The quantitative estimate of drug-likeness (QED) is 0.146. The summed E-state index contributed by atoms with van der Waals surface area (Å²) < 4.78 is 0. The van der Waals surface area contributed by atoms with Crippen LogP contribution in [0.4, 0.5) is 0 Å². The van der Waals surface area contributed by atoms with Crippen molar-refractivity contribution in [3.05, 3.63) is 178 Å². The zero-order valence-electron chi connectivity index (χ0n) is 63.1. The van der Waals surface area contributed by atoms with Crippen LogP contribution in [0.1, 0.15) is 297 Å². The van der Waals surface area contributed by atoms with Gasteiger partial charge < -0.3 is 0 Å². The first-order valence-electron chi connectivity index (χ1n) is 35.1. The van der Waals surface area contributed by atoms with Gasteiger partial charge in [0.1, 0.15) is 0 Å². The Kier molecular flexibility index (Phi) is 31.9. The van der Waals surface area contributed by atoms with E-state index < -0.39 is 0 Å². The molecular formula is C87H138S. The Balaban J connectivity index is 0.000000353. The molecule has 2 bridgehead atoms. The van der Waals surface area contributed by atoms with E-state index in [0.29, 0.717) is 16.2 Å². The lowest BCUT2D eigenvalue weighted by Gasteiger charge is -2.45. The summed E-state index contributed by atoms with van der Waals surface area (Å²) >= 11 is 1.75. The molecule has 6 aromatic rings. The van der Waals surface area contributed by atoms with Crippen molar-refractivity contribution in [3.63, 3.8) is 0 Å². The second kappa shape index (κ2) is 35.1. The van der Waals surface area contributed by atoms with Gasteiger partial charge in [0.25, 0.3) is 0 Å². The molecule has 1 heteroatoms. The van der Waals surface area contributed by atoms with E-state index in [9.17, 15) is 0 Å². The van der Waals surface area contributed by atoms with E-state index in [1.54, 1.807) is 50.3 Å². The predicted molar refractivity (Wildman–Crippen MR) is 405 cm³/mol. The highest BCUT2D eigenvalue weighted by molar-refractivity contribution is 7.97. The van der Waals surface area contributed by atoms with E-state index in [1.807, 2.05) is 40.2 Å². The van der Waals surface area contributed by atoms with Gasteiger partial charge in [-0.2, -0.15) is 11.8 Å². The predicted octanol–water partition coefficient (Wildman–Crippen LogP) is 27.8. The standard InChI is InChI=1S/C18H24.C15H14.C14H22.C11H22.C10H16.C10H14.C3H8.C2H6S.2C2H6/c1-17(2,3)15-9-7-13-8-10-16(18(4,5)6)12-14(13)11-15;1-15(2)13-9-5-3-7-11(13)12-8-4-6-10-14(12)15;1-13(2,3)11-8-7-9-12(10-11)14(4,5)6;1-9-6-7-10(2,3)8-11(9,4)5;1-2-9-7-4-5-8(6-7)10(9)3-1;1-10(2,3)9-7-5-4-6-8-9;2*1-3-2;2*1-2/h7-12H,1-6H3;3-10H,1-2H3;7-10H,1-6H3;9H,6-8H2,1-5H3;7-10H,1-6H2;4-8H,1-3H3;3H2,1-2H3;1-2H3;2*1-2H3. The summed E-state index contributed by atoms with van der Waals surface area (Å²) in [6.45, 7) is 62.7. The van der Waals surface area contributed by atoms with Gasteiger partial charge >= 0.3 is 0 Å². The Morgan fingerprint density at radius 2 is 0.750 bits per heavy atom. The van der Waals surface area contributed by atoms with E-state index >= 15 is 0 Å². The fraction of sp³-hybridized carbons (Fsp3) is 0.609. The molecular weight excluding hydrogens is 1080 g/mol. The monoisotopic (exact) mass is 1220 g/mol. The van der Waals surface area contributed by atoms with Gasteiger partial charge in [-0.1, -0.05) is 346 Å². The van der Waals surface area contributed by atoms with Crippen LogP contribution in [0, 0.1) is 40.4 Å². The van der Waals surface area contributed by atoms with Crippen LogP contribution in [0.15, 0.2) is 140 Å². The van der Waals surface area contributed by atoms with Crippen molar-refractivity contribution in [2.45, 2.75) is 291 Å². The van der Waals surface area contributed by atoms with Gasteiger partial charge in [0.2, 0.25) is 0 Å². The molecule has 4 saturated carbocycles. The normalized spacial score (nSPS) is 20.2. The summed E-state index contributed by atoms with van der Waals surface area (Å²) in [5.74, 6) is 5.71. The van der Waals surface area contributed by atoms with Gasteiger partial charge in [-0.15, -0.1) is 0 Å². The first-order valence-corrected chi connectivity index (χ1v) is 36.8. The number of fused-ring (bicyclic) bond motifs is 9. The molecule has 5 aliphatic carbocycles. The van der Waals surface area contributed by atoms with Crippen LogP contribution < -0.4 is 0 Å². The minimum atomic E-state index is 0.160. The largest absolute Gasteiger partial charge is 0.169 e. The highest BCUT2D eigenvalue weighted by atomic mass is 32.2. The Morgan fingerprint density at radius 1 is 0.409 bits per heavy atom. The first kappa shape index (κ1) is 80.0. The molecule has 0 aromatic heterocycles. The third-order valence-corrected chi connectivity index (χ3v) is 19.2. The third-order valence-electron chi connectivity index (χ3n) is 19.2. The lowest BCUT2D eigenvalue weighted by molar-refractivity contribution is 0.0591. The van der Waals surface area contributed by atoms with Crippen molar-refractivity contribution in [2.75, 3.05) is 12.5 Å². The lowest BCUT2D eigenvalue weighted by atomic mass is 9.61. The maximum absolute atomic E-state index is 2.42. The van der Waals surface area contributed by atoms with E-state index in [2.05, 4.69) is 306 Å². The number of hydrogen-bond acceptors (Lipinski definition) is 1. The van der Waals surface area contributed by atoms with E-state index in [-0.39, 0.29) is 27.1 Å². The Labute approximate surface area is 552 Å². The van der Waals surface area contributed by atoms with Gasteiger partial charge in [0.05, 0.1) is 0 Å². The molecule has 88 heavy (non-hydrogen) atoms. The zero-order valence-corrected chi connectivity index (χ0v) is 64.0.